The van der Waals surface area contributed by atoms with Crippen molar-refractivity contribution in [2.45, 2.75) is 6.42 Å². The number of amides is 2. The zero-order valence-electron chi connectivity index (χ0n) is 15.0. The maximum atomic E-state index is 12.4. The van der Waals surface area contributed by atoms with Gasteiger partial charge < -0.3 is 15.1 Å². The lowest BCUT2D eigenvalue weighted by atomic mass is 10.0. The Hall–Kier alpha value is -3.86. The SMILES string of the molecule is O=C(Cc1ccc2ccccc2c1)Nc1cccc(NC(=O)c2ccco2)c1. The molecule has 0 saturated heterocycles. The molecular weight excluding hydrogens is 352 g/mol. The van der Waals surface area contributed by atoms with Crippen LogP contribution in [0.2, 0.25) is 0 Å². The number of benzene rings is 3. The third-order valence-corrected chi connectivity index (χ3v) is 4.33. The predicted octanol–water partition coefficient (Wildman–Crippen LogP) is 4.87. The van der Waals surface area contributed by atoms with E-state index in [4.69, 9.17) is 4.42 Å². The molecule has 1 aromatic heterocycles. The van der Waals surface area contributed by atoms with E-state index in [9.17, 15) is 9.59 Å². The van der Waals surface area contributed by atoms with Crippen LogP contribution in [0.25, 0.3) is 10.8 Å². The van der Waals surface area contributed by atoms with Gasteiger partial charge in [-0.05, 0) is 46.7 Å². The molecule has 4 rings (SSSR count). The first kappa shape index (κ1) is 17.5. The fourth-order valence-electron chi connectivity index (χ4n) is 3.01. The fraction of sp³-hybridized carbons (Fsp3) is 0.0435. The van der Waals surface area contributed by atoms with E-state index in [0.717, 1.165) is 16.3 Å². The van der Waals surface area contributed by atoms with E-state index in [2.05, 4.69) is 10.6 Å². The second-order valence-electron chi connectivity index (χ2n) is 6.42. The fourth-order valence-corrected chi connectivity index (χ4v) is 3.01. The molecule has 5 heteroatoms. The van der Waals surface area contributed by atoms with Crippen molar-refractivity contribution in [1.82, 2.24) is 0 Å². The Labute approximate surface area is 162 Å². The van der Waals surface area contributed by atoms with Gasteiger partial charge in [-0.3, -0.25) is 9.59 Å². The Balaban J connectivity index is 1.41. The van der Waals surface area contributed by atoms with Gasteiger partial charge in [0.25, 0.3) is 5.91 Å². The van der Waals surface area contributed by atoms with Crippen LogP contribution in [0.5, 0.6) is 0 Å². The van der Waals surface area contributed by atoms with Gasteiger partial charge in [0.1, 0.15) is 0 Å². The minimum atomic E-state index is -0.343. The van der Waals surface area contributed by atoms with Crippen molar-refractivity contribution in [1.29, 1.82) is 0 Å². The van der Waals surface area contributed by atoms with Crippen molar-refractivity contribution in [3.63, 3.8) is 0 Å². The highest BCUT2D eigenvalue weighted by Crippen LogP contribution is 2.18. The molecule has 0 spiro atoms. The highest BCUT2D eigenvalue weighted by molar-refractivity contribution is 6.02. The average molecular weight is 370 g/mol. The normalized spacial score (nSPS) is 10.6. The first-order valence-corrected chi connectivity index (χ1v) is 8.90. The molecule has 0 fully saturated rings. The number of furan rings is 1. The topological polar surface area (TPSA) is 71.3 Å². The number of anilines is 2. The number of carbonyl (C=O) groups excluding carboxylic acids is 2. The van der Waals surface area contributed by atoms with Crippen molar-refractivity contribution < 1.29 is 14.0 Å². The maximum Gasteiger partial charge on any atom is 0.291 e. The second kappa shape index (κ2) is 7.80. The molecular formula is C23H18N2O3. The summed E-state index contributed by atoms with van der Waals surface area (Å²) < 4.78 is 5.08. The van der Waals surface area contributed by atoms with E-state index in [-0.39, 0.29) is 24.0 Å². The van der Waals surface area contributed by atoms with Crippen LogP contribution in [-0.4, -0.2) is 11.8 Å². The van der Waals surface area contributed by atoms with E-state index in [1.807, 2.05) is 42.5 Å². The van der Waals surface area contributed by atoms with Gasteiger partial charge in [-0.1, -0.05) is 48.5 Å². The summed E-state index contributed by atoms with van der Waals surface area (Å²) in [6, 6.07) is 24.3. The Morgan fingerprint density at radius 2 is 1.54 bits per heavy atom. The molecule has 4 aromatic rings. The van der Waals surface area contributed by atoms with Crippen LogP contribution in [0.1, 0.15) is 16.1 Å². The average Bonchev–Trinajstić information content (AvgIpc) is 3.23. The summed E-state index contributed by atoms with van der Waals surface area (Å²) in [6.07, 6.45) is 1.71. The van der Waals surface area contributed by atoms with Gasteiger partial charge in [0.05, 0.1) is 12.7 Å². The molecule has 3 aromatic carbocycles. The summed E-state index contributed by atoms with van der Waals surface area (Å²) in [7, 11) is 0. The van der Waals surface area contributed by atoms with Crippen molar-refractivity contribution in [2.75, 3.05) is 10.6 Å². The lowest BCUT2D eigenvalue weighted by Gasteiger charge is -2.09. The molecule has 138 valence electrons. The first-order chi connectivity index (χ1) is 13.7. The molecule has 0 aliphatic rings. The highest BCUT2D eigenvalue weighted by Gasteiger charge is 2.10. The van der Waals surface area contributed by atoms with Gasteiger partial charge in [0, 0.05) is 11.4 Å². The van der Waals surface area contributed by atoms with Crippen molar-refractivity contribution in [3.05, 3.63) is 96.4 Å². The van der Waals surface area contributed by atoms with Crippen molar-refractivity contribution in [3.8, 4) is 0 Å². The van der Waals surface area contributed by atoms with Gasteiger partial charge in [-0.15, -0.1) is 0 Å². The van der Waals surface area contributed by atoms with E-state index in [1.165, 1.54) is 6.26 Å². The van der Waals surface area contributed by atoms with Gasteiger partial charge in [0.2, 0.25) is 5.91 Å². The van der Waals surface area contributed by atoms with Crippen molar-refractivity contribution in [2.24, 2.45) is 0 Å². The Morgan fingerprint density at radius 1 is 0.750 bits per heavy atom. The monoisotopic (exact) mass is 370 g/mol. The van der Waals surface area contributed by atoms with Crippen LogP contribution >= 0.6 is 0 Å². The quantitative estimate of drug-likeness (QED) is 0.527. The number of carbonyl (C=O) groups is 2. The third-order valence-electron chi connectivity index (χ3n) is 4.33. The molecule has 0 unspecified atom stereocenters. The van der Waals surface area contributed by atoms with E-state index >= 15 is 0 Å². The molecule has 28 heavy (non-hydrogen) atoms. The molecule has 0 bridgehead atoms. The van der Waals surface area contributed by atoms with E-state index in [1.54, 1.807) is 36.4 Å². The number of hydrogen-bond acceptors (Lipinski definition) is 3. The summed E-state index contributed by atoms with van der Waals surface area (Å²) in [4.78, 5) is 24.5. The smallest absolute Gasteiger partial charge is 0.291 e. The van der Waals surface area contributed by atoms with Crippen LogP contribution in [0, 0.1) is 0 Å². The molecule has 0 atom stereocenters. The summed E-state index contributed by atoms with van der Waals surface area (Å²) >= 11 is 0. The number of nitrogens with one attached hydrogen (secondary N) is 2. The van der Waals surface area contributed by atoms with Gasteiger partial charge in [0.15, 0.2) is 5.76 Å². The standard InChI is InChI=1S/C23H18N2O3/c26-22(14-16-10-11-17-5-1-2-6-18(17)13-16)24-19-7-3-8-20(15-19)25-23(27)21-9-4-12-28-21/h1-13,15H,14H2,(H,24,26)(H,25,27). The molecule has 0 aliphatic carbocycles. The molecule has 0 radical (unpaired) electrons. The van der Waals surface area contributed by atoms with Crippen molar-refractivity contribution >= 4 is 34.0 Å². The van der Waals surface area contributed by atoms with Crippen LogP contribution < -0.4 is 10.6 Å². The van der Waals surface area contributed by atoms with E-state index < -0.39 is 0 Å². The van der Waals surface area contributed by atoms with Crippen LogP contribution in [0.4, 0.5) is 11.4 Å². The molecule has 5 nitrogen and oxygen atoms in total. The summed E-state index contributed by atoms with van der Waals surface area (Å²) in [5.74, 6) is -0.236. The molecule has 0 aliphatic heterocycles. The van der Waals surface area contributed by atoms with Crippen LogP contribution in [0.3, 0.4) is 0 Å². The summed E-state index contributed by atoms with van der Waals surface area (Å²) in [5, 5.41) is 7.87. The first-order valence-electron chi connectivity index (χ1n) is 8.90. The second-order valence-corrected chi connectivity index (χ2v) is 6.42. The summed E-state index contributed by atoms with van der Waals surface area (Å²) in [6.45, 7) is 0. The third kappa shape index (κ3) is 4.10. The number of hydrogen-bond donors (Lipinski definition) is 2. The molecule has 1 heterocycles. The highest BCUT2D eigenvalue weighted by atomic mass is 16.3. The van der Waals surface area contributed by atoms with Gasteiger partial charge >= 0.3 is 0 Å². The largest absolute Gasteiger partial charge is 0.459 e. The minimum Gasteiger partial charge on any atom is -0.459 e. The maximum absolute atomic E-state index is 12.4. The Kier molecular flexibility index (Phi) is 4.89. The lowest BCUT2D eigenvalue weighted by molar-refractivity contribution is -0.115. The Bertz CT molecular complexity index is 1130. The Morgan fingerprint density at radius 3 is 2.32 bits per heavy atom. The molecule has 0 saturated carbocycles. The van der Waals surface area contributed by atoms with Gasteiger partial charge in [-0.2, -0.15) is 0 Å². The molecule has 2 amide bonds. The lowest BCUT2D eigenvalue weighted by Crippen LogP contribution is -2.15. The summed E-state index contributed by atoms with van der Waals surface area (Å²) in [5.41, 5.74) is 2.13. The predicted molar refractivity (Wildman–Crippen MR) is 109 cm³/mol. The molecule has 2 N–H and O–H groups in total. The zero-order chi connectivity index (χ0) is 19.3. The number of fused-ring (bicyclic) bond motifs is 1. The number of rotatable bonds is 5. The zero-order valence-corrected chi connectivity index (χ0v) is 15.0. The van der Waals surface area contributed by atoms with Crippen LogP contribution in [0.15, 0.2) is 89.5 Å². The van der Waals surface area contributed by atoms with Gasteiger partial charge in [-0.25, -0.2) is 0 Å². The minimum absolute atomic E-state index is 0.121. The van der Waals surface area contributed by atoms with Crippen LogP contribution in [-0.2, 0) is 11.2 Å². The van der Waals surface area contributed by atoms with E-state index in [0.29, 0.717) is 11.4 Å².